The summed E-state index contributed by atoms with van der Waals surface area (Å²) in [5.74, 6) is -1.57. The van der Waals surface area contributed by atoms with E-state index in [1.54, 1.807) is 46.4 Å². The van der Waals surface area contributed by atoms with Crippen molar-refractivity contribution in [2.45, 2.75) is 124 Å². The molecule has 7 rings (SSSR count). The molecule has 13 nitrogen and oxygen atoms in total. The Labute approximate surface area is 340 Å². The van der Waals surface area contributed by atoms with Crippen LogP contribution in [-0.4, -0.2) is 99.2 Å². The van der Waals surface area contributed by atoms with Gasteiger partial charge in [0.2, 0.25) is 5.88 Å². The summed E-state index contributed by atoms with van der Waals surface area (Å²) >= 11 is 0.817. The van der Waals surface area contributed by atoms with Gasteiger partial charge >= 0.3 is 18.2 Å². The first kappa shape index (κ1) is 44.2. The maximum Gasteiger partial charge on any atom is 0.412 e. The lowest BCUT2D eigenvalue weighted by Gasteiger charge is -2.28. The van der Waals surface area contributed by atoms with Crippen LogP contribution in [0.5, 0.6) is 11.9 Å². The highest BCUT2D eigenvalue weighted by Crippen LogP contribution is 2.44. The number of methoxy groups -OCH3 is 1. The van der Waals surface area contributed by atoms with Crippen LogP contribution in [0.4, 0.5) is 27.8 Å². The molecule has 0 bridgehead atoms. The lowest BCUT2D eigenvalue weighted by Crippen LogP contribution is -2.42. The number of carbonyl (C=O) groups excluding carboxylic acids is 2. The smallest absolute Gasteiger partial charge is 0.412 e. The molecule has 3 saturated heterocycles. The predicted molar refractivity (Wildman–Crippen MR) is 216 cm³/mol. The molecule has 17 heteroatoms. The van der Waals surface area contributed by atoms with Gasteiger partial charge < -0.3 is 23.8 Å². The van der Waals surface area contributed by atoms with Crippen LogP contribution >= 0.6 is 11.3 Å². The average Bonchev–Trinajstić information content (AvgIpc) is 3.92. The van der Waals surface area contributed by atoms with E-state index in [1.807, 2.05) is 26.8 Å². The third-order valence-electron chi connectivity index (χ3n) is 9.62. The minimum absolute atomic E-state index is 0.00552. The number of nitriles is 1. The summed E-state index contributed by atoms with van der Waals surface area (Å²) < 4.78 is 66.4. The first-order valence-corrected chi connectivity index (χ1v) is 20.3. The van der Waals surface area contributed by atoms with Gasteiger partial charge in [-0.3, -0.25) is 15.2 Å². The molecule has 314 valence electrons. The number of carbonyl (C=O) groups is 2. The van der Waals surface area contributed by atoms with E-state index >= 15 is 8.78 Å². The van der Waals surface area contributed by atoms with Crippen LogP contribution in [0.3, 0.4) is 0 Å². The van der Waals surface area contributed by atoms with E-state index in [0.29, 0.717) is 25.6 Å². The van der Waals surface area contributed by atoms with Gasteiger partial charge in [-0.1, -0.05) is 13.8 Å². The molecule has 3 fully saturated rings. The monoisotopic (exact) mass is 827 g/mol. The van der Waals surface area contributed by atoms with Gasteiger partial charge in [-0.15, -0.1) is 11.3 Å². The number of ether oxygens (including phenoxy) is 4. The summed E-state index contributed by atoms with van der Waals surface area (Å²) in [7, 11) is 1.32. The Balaban J connectivity index is 0.000000502. The maximum absolute atomic E-state index is 16.4. The predicted octanol–water partition coefficient (Wildman–Crippen LogP) is 9.41. The van der Waals surface area contributed by atoms with E-state index in [0.717, 1.165) is 30.4 Å². The van der Waals surface area contributed by atoms with Crippen molar-refractivity contribution >= 4 is 49.5 Å². The third-order valence-corrected chi connectivity index (χ3v) is 10.7. The van der Waals surface area contributed by atoms with E-state index < -0.39 is 53.3 Å². The zero-order valence-electron chi connectivity index (χ0n) is 34.7. The van der Waals surface area contributed by atoms with E-state index in [1.165, 1.54) is 32.2 Å². The summed E-state index contributed by atoms with van der Waals surface area (Å²) in [4.78, 5) is 41.9. The van der Waals surface area contributed by atoms with E-state index in [9.17, 15) is 19.2 Å². The summed E-state index contributed by atoms with van der Waals surface area (Å²) in [6, 6.07) is 4.47. The van der Waals surface area contributed by atoms with Crippen LogP contribution in [0.2, 0.25) is 0 Å². The topological polar surface area (TPSA) is 152 Å². The standard InChI is InChI=1S/C32H34F2N6O6S.C7H12FN.C2H6/c1-15-20(11-12-40(15)30(42)46-32(5,6)7)44-26-18-14-36-23(22(34)24(18)37-28(38-26)43-8)16-9-10-19(33)25-21(16)17(13-35)27(47-25)39-29(41)45-31(2,3)4;8-6-4-7-2-1-3-9(7)5-6;1-2/h9-10,14-15,20H,11-12H2,1-8H3,(H,39,41);6-7H,1-5H2;1-2H3. The van der Waals surface area contributed by atoms with Crippen molar-refractivity contribution in [3.05, 3.63) is 35.5 Å². The number of hydrogen-bond donors (Lipinski definition) is 1. The highest BCUT2D eigenvalue weighted by molar-refractivity contribution is 7.23. The molecule has 1 aromatic carbocycles. The van der Waals surface area contributed by atoms with Gasteiger partial charge in [-0.05, 0) is 86.4 Å². The lowest BCUT2D eigenvalue weighted by atomic mass is 10.0. The Hall–Kier alpha value is -4.95. The van der Waals surface area contributed by atoms with Crippen LogP contribution < -0.4 is 14.8 Å². The number of nitrogens with one attached hydrogen (secondary N) is 1. The molecule has 3 aliphatic heterocycles. The fourth-order valence-corrected chi connectivity index (χ4v) is 8.23. The van der Waals surface area contributed by atoms with Crippen molar-refractivity contribution in [3.63, 3.8) is 0 Å². The summed E-state index contributed by atoms with van der Waals surface area (Å²) in [6.07, 6.45) is 2.78. The molecule has 4 aromatic rings. The first-order chi connectivity index (χ1) is 27.4. The van der Waals surface area contributed by atoms with Crippen molar-refractivity contribution in [3.8, 4) is 29.2 Å². The Morgan fingerprint density at radius 1 is 1.03 bits per heavy atom. The zero-order valence-corrected chi connectivity index (χ0v) is 35.5. The van der Waals surface area contributed by atoms with Gasteiger partial charge in [0.25, 0.3) is 0 Å². The number of benzene rings is 1. The molecule has 0 aliphatic carbocycles. The number of amides is 2. The molecule has 0 saturated carbocycles. The Kier molecular flexibility index (Phi) is 13.6. The lowest BCUT2D eigenvalue weighted by molar-refractivity contribution is 0.0190. The fourth-order valence-electron chi connectivity index (χ4n) is 7.16. The van der Waals surface area contributed by atoms with Crippen LogP contribution in [0.15, 0.2) is 18.3 Å². The number of fused-ring (bicyclic) bond motifs is 3. The van der Waals surface area contributed by atoms with Gasteiger partial charge in [-0.25, -0.2) is 22.8 Å². The Bertz CT molecular complexity index is 2170. The van der Waals surface area contributed by atoms with Gasteiger partial charge in [0.05, 0.1) is 28.8 Å². The number of anilines is 1. The zero-order chi connectivity index (χ0) is 42.7. The van der Waals surface area contributed by atoms with E-state index in [2.05, 4.69) is 25.2 Å². The molecular weight excluding hydrogens is 776 g/mol. The molecule has 0 spiro atoms. The minimum Gasteiger partial charge on any atom is -0.471 e. The maximum atomic E-state index is 16.4. The van der Waals surface area contributed by atoms with Crippen LogP contribution in [-0.2, 0) is 9.47 Å². The second-order valence-corrected chi connectivity index (χ2v) is 17.0. The quantitative estimate of drug-likeness (QED) is 0.205. The average molecular weight is 828 g/mol. The van der Waals surface area contributed by atoms with Crippen LogP contribution in [0.25, 0.3) is 32.2 Å². The number of nitrogens with zero attached hydrogens (tertiary/aromatic N) is 6. The van der Waals surface area contributed by atoms with Crippen LogP contribution in [0, 0.1) is 23.0 Å². The largest absolute Gasteiger partial charge is 0.471 e. The normalized spacial score (nSPS) is 20.4. The van der Waals surface area contributed by atoms with Crippen molar-refractivity contribution in [1.29, 1.82) is 5.26 Å². The second kappa shape index (κ2) is 17.9. The summed E-state index contributed by atoms with van der Waals surface area (Å²) in [5, 5.41) is 12.8. The van der Waals surface area contributed by atoms with Crippen molar-refractivity contribution in [2.75, 3.05) is 32.1 Å². The molecule has 58 heavy (non-hydrogen) atoms. The molecular formula is C41H52F3N7O6S. The number of rotatable bonds is 5. The number of alkyl halides is 1. The Morgan fingerprint density at radius 2 is 1.74 bits per heavy atom. The molecule has 0 radical (unpaired) electrons. The number of thiophene rings is 1. The molecule has 4 atom stereocenters. The van der Waals surface area contributed by atoms with E-state index in [-0.39, 0.29) is 54.7 Å². The number of pyridine rings is 1. The van der Waals surface area contributed by atoms with Crippen molar-refractivity contribution in [2.24, 2.45) is 0 Å². The number of aromatic nitrogens is 3. The Morgan fingerprint density at radius 3 is 2.38 bits per heavy atom. The molecule has 2 amide bonds. The fraction of sp³-hybridized carbons (Fsp3) is 0.561. The number of halogens is 3. The third kappa shape index (κ3) is 9.83. The highest BCUT2D eigenvalue weighted by Gasteiger charge is 2.39. The van der Waals surface area contributed by atoms with Gasteiger partial charge in [-0.2, -0.15) is 15.2 Å². The van der Waals surface area contributed by atoms with E-state index in [4.69, 9.17) is 18.9 Å². The molecule has 1 N–H and O–H groups in total. The summed E-state index contributed by atoms with van der Waals surface area (Å²) in [6.45, 7) is 18.4. The molecule has 3 aromatic heterocycles. The van der Waals surface area contributed by atoms with Crippen molar-refractivity contribution in [1.82, 2.24) is 24.8 Å². The highest BCUT2D eigenvalue weighted by atomic mass is 32.1. The summed E-state index contributed by atoms with van der Waals surface area (Å²) in [5.41, 5.74) is -1.89. The molecule has 4 unspecified atom stereocenters. The second-order valence-electron chi connectivity index (χ2n) is 16.0. The SMILES string of the molecule is CC.COc1nc(OC2CCN(C(=O)OC(C)(C)C)C2C)c2cnc(-c3ccc(F)c4sc(NC(=O)OC(C)(C)C)c(C#N)c34)c(F)c2n1.FC1CC2CCCN2C1. The molecule has 6 heterocycles. The first-order valence-electron chi connectivity index (χ1n) is 19.5. The van der Waals surface area contributed by atoms with Gasteiger partial charge in [0, 0.05) is 42.7 Å². The number of likely N-dealkylation sites (tertiary alicyclic amines) is 1. The van der Waals surface area contributed by atoms with Gasteiger partial charge in [0.15, 0.2) is 5.82 Å². The minimum atomic E-state index is -0.896. The van der Waals surface area contributed by atoms with Crippen LogP contribution in [0.1, 0.15) is 93.6 Å². The number of hydrogen-bond acceptors (Lipinski definition) is 12. The van der Waals surface area contributed by atoms with Crippen molar-refractivity contribution < 1.29 is 41.7 Å². The molecule has 3 aliphatic rings. The van der Waals surface area contributed by atoms with Gasteiger partial charge in [0.1, 0.15) is 51.6 Å².